The number of anilines is 1. The van der Waals surface area contributed by atoms with E-state index in [1.165, 1.54) is 0 Å². The second kappa shape index (κ2) is 6.49. The zero-order valence-electron chi connectivity index (χ0n) is 14.7. The van der Waals surface area contributed by atoms with Gasteiger partial charge in [-0.2, -0.15) is 0 Å². The van der Waals surface area contributed by atoms with Crippen molar-refractivity contribution < 1.29 is 14.4 Å². The molecule has 0 aromatic heterocycles. The van der Waals surface area contributed by atoms with Gasteiger partial charge in [-0.05, 0) is 64.5 Å². The molecule has 0 bridgehead atoms. The lowest BCUT2D eigenvalue weighted by atomic mass is 9.92. The molecule has 1 aliphatic heterocycles. The SMILES string of the molecule is Cc1ccc(NC(=O)CN2C(=O)NC3(CCc4ccccc43)C2=O)c(Br)c1. The van der Waals surface area contributed by atoms with Gasteiger partial charge in [-0.1, -0.05) is 30.3 Å². The quantitative estimate of drug-likeness (QED) is 0.738. The van der Waals surface area contributed by atoms with Gasteiger partial charge in [0.2, 0.25) is 5.91 Å². The summed E-state index contributed by atoms with van der Waals surface area (Å²) >= 11 is 3.40. The predicted molar refractivity (Wildman–Crippen MR) is 104 cm³/mol. The average molecular weight is 428 g/mol. The average Bonchev–Trinajstić information content (AvgIpc) is 3.11. The molecular weight excluding hydrogens is 410 g/mol. The molecule has 0 radical (unpaired) electrons. The number of nitrogens with zero attached hydrogens (tertiary/aromatic N) is 1. The lowest BCUT2D eigenvalue weighted by molar-refractivity contribution is -0.134. The summed E-state index contributed by atoms with van der Waals surface area (Å²) < 4.78 is 0.745. The van der Waals surface area contributed by atoms with Crippen LogP contribution in [0.5, 0.6) is 0 Å². The molecule has 0 saturated carbocycles. The summed E-state index contributed by atoms with van der Waals surface area (Å²) in [6, 6.07) is 12.6. The Bertz CT molecular complexity index is 975. The van der Waals surface area contributed by atoms with Gasteiger partial charge in [0.25, 0.3) is 5.91 Å². The van der Waals surface area contributed by atoms with Gasteiger partial charge in [-0.3, -0.25) is 14.5 Å². The predicted octanol–water partition coefficient (Wildman–Crippen LogP) is 3.09. The van der Waals surface area contributed by atoms with E-state index in [1.807, 2.05) is 43.3 Å². The molecule has 7 heteroatoms. The number of nitrogens with one attached hydrogen (secondary N) is 2. The van der Waals surface area contributed by atoms with Crippen molar-refractivity contribution in [3.63, 3.8) is 0 Å². The minimum absolute atomic E-state index is 0.325. The second-order valence-corrected chi connectivity index (χ2v) is 7.77. The molecule has 1 heterocycles. The Balaban J connectivity index is 1.53. The minimum Gasteiger partial charge on any atom is -0.323 e. The first-order valence-electron chi connectivity index (χ1n) is 8.69. The van der Waals surface area contributed by atoms with Crippen LogP contribution < -0.4 is 10.6 Å². The number of aryl methyl sites for hydroxylation is 2. The van der Waals surface area contributed by atoms with E-state index in [-0.39, 0.29) is 12.5 Å². The molecule has 2 aromatic carbocycles. The van der Waals surface area contributed by atoms with E-state index < -0.39 is 17.5 Å². The number of amides is 4. The molecule has 1 atom stereocenters. The maximum Gasteiger partial charge on any atom is 0.325 e. The molecule has 4 amide bonds. The molecule has 4 rings (SSSR count). The van der Waals surface area contributed by atoms with E-state index in [0.29, 0.717) is 12.1 Å². The summed E-state index contributed by atoms with van der Waals surface area (Å²) in [5.74, 6) is -0.790. The van der Waals surface area contributed by atoms with Crippen molar-refractivity contribution in [2.75, 3.05) is 11.9 Å². The molecule has 6 nitrogen and oxygen atoms in total. The molecule has 1 unspecified atom stereocenters. The number of benzene rings is 2. The number of urea groups is 1. The second-order valence-electron chi connectivity index (χ2n) is 6.92. The summed E-state index contributed by atoms with van der Waals surface area (Å²) in [6.07, 6.45) is 1.23. The minimum atomic E-state index is -1.04. The Labute approximate surface area is 165 Å². The van der Waals surface area contributed by atoms with Crippen molar-refractivity contribution in [3.05, 3.63) is 63.6 Å². The topological polar surface area (TPSA) is 78.5 Å². The van der Waals surface area contributed by atoms with Crippen LogP contribution in [0.3, 0.4) is 0 Å². The summed E-state index contributed by atoms with van der Waals surface area (Å²) in [5, 5.41) is 5.57. The number of imide groups is 1. The van der Waals surface area contributed by atoms with Gasteiger partial charge in [-0.15, -0.1) is 0 Å². The fourth-order valence-corrected chi connectivity index (χ4v) is 4.38. The van der Waals surface area contributed by atoms with Gasteiger partial charge in [0, 0.05) is 4.47 Å². The van der Waals surface area contributed by atoms with Crippen molar-refractivity contribution in [2.24, 2.45) is 0 Å². The Hall–Kier alpha value is -2.67. The number of halogens is 1. The monoisotopic (exact) mass is 427 g/mol. The number of carbonyl (C=O) groups excluding carboxylic acids is 3. The molecule has 1 aliphatic carbocycles. The zero-order chi connectivity index (χ0) is 19.2. The van der Waals surface area contributed by atoms with Crippen molar-refractivity contribution >= 4 is 39.5 Å². The van der Waals surface area contributed by atoms with E-state index in [1.54, 1.807) is 6.07 Å². The number of fused-ring (bicyclic) bond motifs is 2. The van der Waals surface area contributed by atoms with Crippen LogP contribution in [0.15, 0.2) is 46.9 Å². The van der Waals surface area contributed by atoms with Crippen LogP contribution in [0, 0.1) is 6.92 Å². The van der Waals surface area contributed by atoms with Crippen LogP contribution in [0.2, 0.25) is 0 Å². The van der Waals surface area contributed by atoms with E-state index in [9.17, 15) is 14.4 Å². The molecule has 138 valence electrons. The van der Waals surface area contributed by atoms with Crippen LogP contribution in [0.4, 0.5) is 10.5 Å². The first-order valence-corrected chi connectivity index (χ1v) is 9.48. The fraction of sp³-hybridized carbons (Fsp3) is 0.250. The van der Waals surface area contributed by atoms with Crippen molar-refractivity contribution in [3.8, 4) is 0 Å². The molecule has 1 fully saturated rings. The summed E-state index contributed by atoms with van der Waals surface area (Å²) in [7, 11) is 0. The van der Waals surface area contributed by atoms with Gasteiger partial charge in [-0.25, -0.2) is 4.79 Å². The molecule has 2 aliphatic rings. The Morgan fingerprint density at radius 2 is 2.04 bits per heavy atom. The highest BCUT2D eigenvalue weighted by Crippen LogP contribution is 2.41. The molecule has 1 saturated heterocycles. The molecule has 27 heavy (non-hydrogen) atoms. The molecular formula is C20H18BrN3O3. The number of hydrogen-bond acceptors (Lipinski definition) is 3. The highest BCUT2D eigenvalue weighted by atomic mass is 79.9. The maximum atomic E-state index is 13.1. The normalized spacial score (nSPS) is 20.7. The summed E-state index contributed by atoms with van der Waals surface area (Å²) in [4.78, 5) is 39.0. The smallest absolute Gasteiger partial charge is 0.323 e. The molecule has 1 spiro atoms. The Kier molecular flexibility index (Phi) is 4.26. The van der Waals surface area contributed by atoms with Crippen molar-refractivity contribution in [2.45, 2.75) is 25.3 Å². The lowest BCUT2D eigenvalue weighted by Crippen LogP contribution is -2.43. The van der Waals surface area contributed by atoms with Crippen LogP contribution in [-0.4, -0.2) is 29.3 Å². The van der Waals surface area contributed by atoms with Crippen LogP contribution in [0.1, 0.15) is 23.1 Å². The summed E-state index contributed by atoms with van der Waals surface area (Å²) in [6.45, 7) is 1.62. The maximum absolute atomic E-state index is 13.1. The number of rotatable bonds is 3. The first-order chi connectivity index (χ1) is 12.9. The van der Waals surface area contributed by atoms with E-state index >= 15 is 0 Å². The van der Waals surface area contributed by atoms with Gasteiger partial charge >= 0.3 is 6.03 Å². The highest BCUT2D eigenvalue weighted by Gasteiger charge is 2.55. The number of hydrogen-bond donors (Lipinski definition) is 2. The number of carbonyl (C=O) groups is 3. The third-order valence-corrected chi connectivity index (χ3v) is 5.78. The molecule has 2 N–H and O–H groups in total. The van der Waals surface area contributed by atoms with Gasteiger partial charge in [0.15, 0.2) is 0 Å². The van der Waals surface area contributed by atoms with E-state index in [0.717, 1.165) is 32.5 Å². The summed E-state index contributed by atoms with van der Waals surface area (Å²) in [5.41, 5.74) is 2.49. The molecule has 2 aromatic rings. The van der Waals surface area contributed by atoms with Gasteiger partial charge in [0.05, 0.1) is 5.69 Å². The third kappa shape index (κ3) is 2.92. The van der Waals surface area contributed by atoms with Crippen LogP contribution in [0.25, 0.3) is 0 Å². The van der Waals surface area contributed by atoms with Crippen LogP contribution in [-0.2, 0) is 21.5 Å². The lowest BCUT2D eigenvalue weighted by Gasteiger charge is -2.22. The largest absolute Gasteiger partial charge is 0.325 e. The highest BCUT2D eigenvalue weighted by molar-refractivity contribution is 9.10. The fourth-order valence-electron chi connectivity index (χ4n) is 3.79. The Morgan fingerprint density at radius 1 is 1.26 bits per heavy atom. The van der Waals surface area contributed by atoms with Gasteiger partial charge in [0.1, 0.15) is 12.1 Å². The van der Waals surface area contributed by atoms with Gasteiger partial charge < -0.3 is 10.6 Å². The zero-order valence-corrected chi connectivity index (χ0v) is 16.3. The van der Waals surface area contributed by atoms with Crippen molar-refractivity contribution in [1.82, 2.24) is 10.2 Å². The van der Waals surface area contributed by atoms with E-state index in [2.05, 4.69) is 26.6 Å². The van der Waals surface area contributed by atoms with Crippen molar-refractivity contribution in [1.29, 1.82) is 0 Å². The van der Waals surface area contributed by atoms with Crippen LogP contribution >= 0.6 is 15.9 Å². The first kappa shape index (κ1) is 17.7. The standard InChI is InChI=1S/C20H18BrN3O3/c1-12-6-7-16(15(21)10-12)22-17(25)11-24-18(26)20(23-19(24)27)9-8-13-4-2-3-5-14(13)20/h2-7,10H,8-9,11H2,1H3,(H,22,25)(H,23,27). The Morgan fingerprint density at radius 3 is 2.81 bits per heavy atom. The van der Waals surface area contributed by atoms with E-state index in [4.69, 9.17) is 0 Å². The third-order valence-electron chi connectivity index (χ3n) is 5.12.